The Hall–Kier alpha value is -3.58. The number of carbonyl (C=O) groups excluding carboxylic acids is 1. The molecule has 0 radical (unpaired) electrons. The average Bonchev–Trinajstić information content (AvgIpc) is 3.13. The molecule has 0 atom stereocenters. The number of nitrogens with zero attached hydrogens (tertiary/aromatic N) is 3. The second-order valence-electron chi connectivity index (χ2n) is 6.95. The van der Waals surface area contributed by atoms with Gasteiger partial charge < -0.3 is 9.47 Å². The van der Waals surface area contributed by atoms with Crippen molar-refractivity contribution in [2.24, 2.45) is 4.99 Å². The first-order chi connectivity index (χ1) is 15.3. The molecule has 2 aromatic carbocycles. The monoisotopic (exact) mass is 429 g/mol. The molecule has 1 fully saturated rings. The number of aromatic nitrogens is 1. The van der Waals surface area contributed by atoms with Crippen LogP contribution in [0.3, 0.4) is 0 Å². The lowest BCUT2D eigenvalue weighted by molar-refractivity contribution is -0.113. The fourth-order valence-corrected chi connectivity index (χ4v) is 4.31. The SMILES string of the molecule is O=C1/C(=C/c2ccc3c(c2)OCCO3)SC(=NCc2cccnc2)N1c1ccccc1. The van der Waals surface area contributed by atoms with E-state index in [4.69, 9.17) is 14.5 Å². The van der Waals surface area contributed by atoms with Crippen molar-refractivity contribution in [3.63, 3.8) is 0 Å². The van der Waals surface area contributed by atoms with Crippen LogP contribution < -0.4 is 14.4 Å². The van der Waals surface area contributed by atoms with Crippen LogP contribution in [-0.4, -0.2) is 29.3 Å². The van der Waals surface area contributed by atoms with Crippen LogP contribution in [-0.2, 0) is 11.3 Å². The van der Waals surface area contributed by atoms with Crippen molar-refractivity contribution in [3.05, 3.63) is 89.1 Å². The number of aliphatic imine (C=N–C) groups is 1. The van der Waals surface area contributed by atoms with E-state index >= 15 is 0 Å². The summed E-state index contributed by atoms with van der Waals surface area (Å²) >= 11 is 1.37. The smallest absolute Gasteiger partial charge is 0.271 e. The van der Waals surface area contributed by atoms with Gasteiger partial charge in [-0.15, -0.1) is 0 Å². The van der Waals surface area contributed by atoms with E-state index < -0.39 is 0 Å². The van der Waals surface area contributed by atoms with Crippen LogP contribution in [0.5, 0.6) is 11.5 Å². The second-order valence-corrected chi connectivity index (χ2v) is 7.96. The molecule has 31 heavy (non-hydrogen) atoms. The highest BCUT2D eigenvalue weighted by Gasteiger charge is 2.34. The minimum Gasteiger partial charge on any atom is -0.486 e. The predicted molar refractivity (Wildman–Crippen MR) is 122 cm³/mol. The molecule has 5 rings (SSSR count). The minimum atomic E-state index is -0.101. The molecule has 1 amide bonds. The lowest BCUT2D eigenvalue weighted by Crippen LogP contribution is -2.28. The van der Waals surface area contributed by atoms with Gasteiger partial charge in [0.2, 0.25) is 0 Å². The summed E-state index contributed by atoms with van der Waals surface area (Å²) in [5.41, 5.74) is 2.65. The topological polar surface area (TPSA) is 64.0 Å². The van der Waals surface area contributed by atoms with Crippen molar-refractivity contribution < 1.29 is 14.3 Å². The normalized spacial score (nSPS) is 18.1. The van der Waals surface area contributed by atoms with Gasteiger partial charge in [-0.3, -0.25) is 19.7 Å². The molecular weight excluding hydrogens is 410 g/mol. The maximum absolute atomic E-state index is 13.3. The molecular formula is C24H19N3O3S. The number of fused-ring (bicyclic) bond motifs is 1. The summed E-state index contributed by atoms with van der Waals surface area (Å²) in [5.74, 6) is 1.32. The number of carbonyl (C=O) groups is 1. The van der Waals surface area contributed by atoms with Crippen LogP contribution in [0.1, 0.15) is 11.1 Å². The molecule has 3 heterocycles. The molecule has 2 aliphatic heterocycles. The van der Waals surface area contributed by atoms with Gasteiger partial charge in [0.1, 0.15) is 13.2 Å². The number of para-hydroxylation sites is 1. The number of hydrogen-bond acceptors (Lipinski definition) is 6. The number of pyridine rings is 1. The van der Waals surface area contributed by atoms with Crippen molar-refractivity contribution >= 4 is 34.6 Å². The Morgan fingerprint density at radius 3 is 2.68 bits per heavy atom. The summed E-state index contributed by atoms with van der Waals surface area (Å²) in [5, 5.41) is 0.642. The molecule has 0 unspecified atom stereocenters. The maximum atomic E-state index is 13.3. The van der Waals surface area contributed by atoms with E-state index in [0.29, 0.717) is 35.6 Å². The number of rotatable bonds is 4. The number of anilines is 1. The van der Waals surface area contributed by atoms with Crippen LogP contribution in [0.2, 0.25) is 0 Å². The molecule has 0 bridgehead atoms. The Bertz CT molecular complexity index is 1160. The third-order valence-electron chi connectivity index (χ3n) is 4.80. The first kappa shape index (κ1) is 19.4. The Kier molecular flexibility index (Phi) is 5.41. The van der Waals surface area contributed by atoms with Gasteiger partial charge in [0.05, 0.1) is 17.1 Å². The van der Waals surface area contributed by atoms with E-state index in [1.807, 2.05) is 66.7 Å². The molecule has 6 nitrogen and oxygen atoms in total. The van der Waals surface area contributed by atoms with E-state index in [9.17, 15) is 4.79 Å². The van der Waals surface area contributed by atoms with Crippen LogP contribution >= 0.6 is 11.8 Å². The van der Waals surface area contributed by atoms with Crippen molar-refractivity contribution in [1.29, 1.82) is 0 Å². The number of benzene rings is 2. The number of amidine groups is 1. The van der Waals surface area contributed by atoms with Gasteiger partial charge in [-0.25, -0.2) is 0 Å². The zero-order valence-corrected chi connectivity index (χ0v) is 17.4. The van der Waals surface area contributed by atoms with Gasteiger partial charge >= 0.3 is 0 Å². The molecule has 3 aromatic rings. The van der Waals surface area contributed by atoms with Crippen LogP contribution in [0.15, 0.2) is 83.0 Å². The van der Waals surface area contributed by atoms with Gasteiger partial charge in [-0.1, -0.05) is 30.3 Å². The highest BCUT2D eigenvalue weighted by molar-refractivity contribution is 8.19. The van der Waals surface area contributed by atoms with Crippen molar-refractivity contribution in [2.45, 2.75) is 6.54 Å². The van der Waals surface area contributed by atoms with Gasteiger partial charge in [-0.05, 0) is 59.3 Å². The predicted octanol–water partition coefficient (Wildman–Crippen LogP) is 4.53. The quantitative estimate of drug-likeness (QED) is 0.570. The zero-order chi connectivity index (χ0) is 21.0. The standard InChI is InChI=1S/C24H19N3O3S/c28-23-22(14-17-8-9-20-21(13-17)30-12-11-29-20)31-24(26-16-18-5-4-10-25-15-18)27(23)19-6-2-1-3-7-19/h1-10,13-15H,11-12,16H2/b22-14-,26-24?. The highest BCUT2D eigenvalue weighted by atomic mass is 32.2. The Morgan fingerprint density at radius 2 is 1.87 bits per heavy atom. The number of thioether (sulfide) groups is 1. The molecule has 1 saturated heterocycles. The molecule has 2 aliphatic rings. The van der Waals surface area contributed by atoms with Gasteiger partial charge in [0.25, 0.3) is 5.91 Å². The van der Waals surface area contributed by atoms with Crippen LogP contribution in [0.4, 0.5) is 5.69 Å². The minimum absolute atomic E-state index is 0.101. The fraction of sp³-hybridized carbons (Fsp3) is 0.125. The largest absolute Gasteiger partial charge is 0.486 e. The number of amides is 1. The molecule has 0 saturated carbocycles. The van der Waals surface area contributed by atoms with Crippen LogP contribution in [0, 0.1) is 0 Å². The lowest BCUT2D eigenvalue weighted by Gasteiger charge is -2.18. The van der Waals surface area contributed by atoms with Crippen molar-refractivity contribution in [2.75, 3.05) is 18.1 Å². The Balaban J connectivity index is 1.48. The Morgan fingerprint density at radius 1 is 1.03 bits per heavy atom. The number of hydrogen-bond donors (Lipinski definition) is 0. The summed E-state index contributed by atoms with van der Waals surface area (Å²) in [6.45, 7) is 1.52. The average molecular weight is 430 g/mol. The van der Waals surface area contributed by atoms with Gasteiger partial charge in [0.15, 0.2) is 16.7 Å². The second kappa shape index (κ2) is 8.65. The molecule has 0 aliphatic carbocycles. The van der Waals surface area contributed by atoms with E-state index in [2.05, 4.69) is 4.98 Å². The van der Waals surface area contributed by atoms with E-state index in [-0.39, 0.29) is 5.91 Å². The summed E-state index contributed by atoms with van der Waals surface area (Å²) in [6, 6.07) is 19.1. The lowest BCUT2D eigenvalue weighted by atomic mass is 10.1. The summed E-state index contributed by atoms with van der Waals surface area (Å²) in [6.07, 6.45) is 5.38. The van der Waals surface area contributed by atoms with E-state index in [1.54, 1.807) is 17.3 Å². The number of ether oxygens (including phenoxy) is 2. The van der Waals surface area contributed by atoms with Gasteiger partial charge in [-0.2, -0.15) is 0 Å². The third kappa shape index (κ3) is 4.18. The molecule has 0 N–H and O–H groups in total. The third-order valence-corrected chi connectivity index (χ3v) is 5.81. The van der Waals surface area contributed by atoms with Crippen molar-refractivity contribution in [3.8, 4) is 11.5 Å². The summed E-state index contributed by atoms with van der Waals surface area (Å²) in [7, 11) is 0. The summed E-state index contributed by atoms with van der Waals surface area (Å²) in [4.78, 5) is 24.4. The molecule has 0 spiro atoms. The Labute approximate surface area is 184 Å². The molecule has 7 heteroatoms. The molecule has 1 aromatic heterocycles. The van der Waals surface area contributed by atoms with Crippen molar-refractivity contribution in [1.82, 2.24) is 4.98 Å². The first-order valence-electron chi connectivity index (χ1n) is 9.90. The fourth-order valence-electron chi connectivity index (χ4n) is 3.34. The first-order valence-corrected chi connectivity index (χ1v) is 10.7. The van der Waals surface area contributed by atoms with E-state index in [1.165, 1.54) is 11.8 Å². The highest BCUT2D eigenvalue weighted by Crippen LogP contribution is 2.37. The molecule has 154 valence electrons. The maximum Gasteiger partial charge on any atom is 0.271 e. The zero-order valence-electron chi connectivity index (χ0n) is 16.6. The summed E-state index contributed by atoms with van der Waals surface area (Å²) < 4.78 is 11.3. The van der Waals surface area contributed by atoms with Gasteiger partial charge in [0, 0.05) is 12.4 Å². The van der Waals surface area contributed by atoms with E-state index in [0.717, 1.165) is 22.6 Å². The van der Waals surface area contributed by atoms with Crippen LogP contribution in [0.25, 0.3) is 6.08 Å².